The molecule has 3 heteroatoms. The van der Waals surface area contributed by atoms with Gasteiger partial charge in [0, 0.05) is 6.42 Å². The maximum atomic E-state index is 5.49. The Morgan fingerprint density at radius 1 is 1.44 bits per heavy atom. The van der Waals surface area contributed by atoms with E-state index in [1.54, 1.807) is 12.1 Å². The highest BCUT2D eigenvalue weighted by molar-refractivity contribution is 5.43. The van der Waals surface area contributed by atoms with Gasteiger partial charge in [0.05, 0.1) is 25.4 Å². The molecule has 0 radical (unpaired) electrons. The third-order valence-corrected chi connectivity index (χ3v) is 3.73. The summed E-state index contributed by atoms with van der Waals surface area (Å²) in [6.07, 6.45) is 9.45. The molecule has 1 saturated heterocycles. The van der Waals surface area contributed by atoms with E-state index in [4.69, 9.17) is 4.74 Å². The second-order valence-corrected chi connectivity index (χ2v) is 4.83. The average Bonchev–Trinajstić information content (AvgIpc) is 2.67. The van der Waals surface area contributed by atoms with Crippen LogP contribution in [0.4, 0.5) is 0 Å². The molecule has 1 N–H and O–H groups in total. The number of nitrogens with one attached hydrogen (secondary N) is 1. The highest BCUT2D eigenvalue weighted by Gasteiger charge is 2.40. The van der Waals surface area contributed by atoms with Gasteiger partial charge in [-0.3, -0.25) is 0 Å². The number of hydrogen-bond acceptors (Lipinski definition) is 2. The lowest BCUT2D eigenvalue weighted by atomic mass is 9.97. The van der Waals surface area contributed by atoms with Crippen LogP contribution < -0.4 is 5.01 Å². The van der Waals surface area contributed by atoms with E-state index in [9.17, 15) is 0 Å². The Balaban J connectivity index is 1.97. The van der Waals surface area contributed by atoms with Gasteiger partial charge in [0.25, 0.3) is 0 Å². The SMILES string of the molecule is COC1=CC(C)=CC2C1=CN1CCCC[NH+]21. The lowest BCUT2D eigenvalue weighted by Crippen LogP contribution is -3.20. The van der Waals surface area contributed by atoms with Crippen LogP contribution in [0.2, 0.25) is 0 Å². The van der Waals surface area contributed by atoms with Gasteiger partial charge >= 0.3 is 0 Å². The summed E-state index contributed by atoms with van der Waals surface area (Å²) in [7, 11) is 1.77. The van der Waals surface area contributed by atoms with E-state index >= 15 is 0 Å². The molecule has 2 heterocycles. The first-order valence-corrected chi connectivity index (χ1v) is 6.08. The number of allylic oxidation sites excluding steroid dienone is 2. The molecule has 0 saturated carbocycles. The number of hydrogen-bond donors (Lipinski definition) is 1. The second-order valence-electron chi connectivity index (χ2n) is 4.83. The van der Waals surface area contributed by atoms with Crippen molar-refractivity contribution < 1.29 is 9.75 Å². The Morgan fingerprint density at radius 3 is 3.12 bits per heavy atom. The van der Waals surface area contributed by atoms with E-state index in [0.717, 1.165) is 5.76 Å². The summed E-state index contributed by atoms with van der Waals surface area (Å²) in [6.45, 7) is 4.58. The Labute approximate surface area is 96.6 Å². The number of rotatable bonds is 1. The van der Waals surface area contributed by atoms with Crippen LogP contribution in [0.5, 0.6) is 0 Å². The van der Waals surface area contributed by atoms with Crippen molar-refractivity contribution >= 4 is 0 Å². The molecule has 2 unspecified atom stereocenters. The molecule has 0 spiro atoms. The lowest BCUT2D eigenvalue weighted by Gasteiger charge is -2.33. The molecule has 2 atom stereocenters. The first-order valence-electron chi connectivity index (χ1n) is 6.08. The van der Waals surface area contributed by atoms with Crippen LogP contribution in [0, 0.1) is 0 Å². The smallest absolute Gasteiger partial charge is 0.160 e. The third kappa shape index (κ3) is 1.39. The van der Waals surface area contributed by atoms with E-state index in [0.29, 0.717) is 6.04 Å². The van der Waals surface area contributed by atoms with Crippen molar-refractivity contribution in [2.24, 2.45) is 0 Å². The van der Waals surface area contributed by atoms with Gasteiger partial charge in [-0.15, -0.1) is 0 Å². The summed E-state index contributed by atoms with van der Waals surface area (Å²) in [5, 5.41) is 4.01. The van der Waals surface area contributed by atoms with Gasteiger partial charge in [-0.2, -0.15) is 0 Å². The van der Waals surface area contributed by atoms with E-state index in [1.807, 2.05) is 0 Å². The summed E-state index contributed by atoms with van der Waals surface area (Å²) in [6, 6.07) is 0.486. The van der Waals surface area contributed by atoms with E-state index in [-0.39, 0.29) is 0 Å². The molecule has 2 aliphatic heterocycles. The largest absolute Gasteiger partial charge is 0.496 e. The molecule has 0 aromatic rings. The molecule has 0 aromatic heterocycles. The van der Waals surface area contributed by atoms with Crippen molar-refractivity contribution in [3.05, 3.63) is 35.3 Å². The first-order chi connectivity index (χ1) is 7.79. The zero-order valence-electron chi connectivity index (χ0n) is 9.99. The average molecular weight is 219 g/mol. The molecule has 1 fully saturated rings. The quantitative estimate of drug-likeness (QED) is 0.697. The fourth-order valence-electron chi connectivity index (χ4n) is 2.97. The summed E-state index contributed by atoms with van der Waals surface area (Å²) in [4.78, 5) is 0. The molecule has 0 amide bonds. The molecule has 1 aliphatic carbocycles. The minimum absolute atomic E-state index is 0.486. The number of quaternary nitrogens is 1. The first kappa shape index (κ1) is 9.97. The predicted molar refractivity (Wildman–Crippen MR) is 62.5 cm³/mol. The van der Waals surface area contributed by atoms with Gasteiger partial charge in [0.2, 0.25) is 0 Å². The van der Waals surface area contributed by atoms with Gasteiger partial charge < -0.3 is 4.74 Å². The fourth-order valence-corrected chi connectivity index (χ4v) is 2.97. The minimum atomic E-state index is 0.486. The normalized spacial score (nSPS) is 32.4. The van der Waals surface area contributed by atoms with Crippen LogP contribution in [-0.2, 0) is 4.74 Å². The summed E-state index contributed by atoms with van der Waals surface area (Å²) < 4.78 is 5.49. The van der Waals surface area contributed by atoms with Crippen molar-refractivity contribution in [3.8, 4) is 0 Å². The number of methoxy groups -OCH3 is 1. The van der Waals surface area contributed by atoms with Gasteiger partial charge in [-0.1, -0.05) is 0 Å². The standard InChI is InChI=1S/C13H18N2O/c1-10-7-12-11(13(8-10)16-2)9-14-5-3-4-6-15(12)14/h7-9,12H,3-6H2,1-2H3/p+1. The number of fused-ring (bicyclic) bond motifs is 3. The molecule has 3 nitrogen and oxygen atoms in total. The van der Waals surface area contributed by atoms with Crippen molar-refractivity contribution in [3.63, 3.8) is 0 Å². The lowest BCUT2D eigenvalue weighted by molar-refractivity contribution is -1.02. The molecule has 3 aliphatic rings. The maximum Gasteiger partial charge on any atom is 0.160 e. The van der Waals surface area contributed by atoms with E-state index in [2.05, 4.69) is 30.3 Å². The Morgan fingerprint density at radius 2 is 2.31 bits per heavy atom. The molecule has 86 valence electrons. The van der Waals surface area contributed by atoms with Crippen molar-refractivity contribution in [1.82, 2.24) is 5.01 Å². The molecular formula is C13H19N2O+. The Hall–Kier alpha value is -1.22. The molecule has 16 heavy (non-hydrogen) atoms. The van der Waals surface area contributed by atoms with E-state index < -0.39 is 0 Å². The van der Waals surface area contributed by atoms with Gasteiger partial charge in [0.15, 0.2) is 6.04 Å². The highest BCUT2D eigenvalue weighted by atomic mass is 16.5. The zero-order valence-corrected chi connectivity index (χ0v) is 9.99. The fraction of sp³-hybridized carbons (Fsp3) is 0.538. The molecule has 0 bridgehead atoms. The van der Waals surface area contributed by atoms with Crippen molar-refractivity contribution in [2.45, 2.75) is 25.8 Å². The van der Waals surface area contributed by atoms with Crippen LogP contribution in [0.1, 0.15) is 19.8 Å². The van der Waals surface area contributed by atoms with E-state index in [1.165, 1.54) is 37.1 Å². The molecule has 0 aromatic carbocycles. The van der Waals surface area contributed by atoms with Crippen LogP contribution in [-0.4, -0.2) is 31.3 Å². The van der Waals surface area contributed by atoms with Crippen LogP contribution in [0.15, 0.2) is 35.3 Å². The van der Waals surface area contributed by atoms with Crippen LogP contribution >= 0.6 is 0 Å². The third-order valence-electron chi connectivity index (χ3n) is 3.73. The number of nitrogens with zero attached hydrogens (tertiary/aromatic N) is 1. The summed E-state index contributed by atoms with van der Waals surface area (Å²) in [5.74, 6) is 1.05. The number of ether oxygens (including phenoxy) is 1. The van der Waals surface area contributed by atoms with Crippen molar-refractivity contribution in [1.29, 1.82) is 0 Å². The van der Waals surface area contributed by atoms with Gasteiger partial charge in [-0.25, -0.2) is 10.0 Å². The Bertz CT molecular complexity index is 395. The van der Waals surface area contributed by atoms with Gasteiger partial charge in [-0.05, 0) is 31.1 Å². The van der Waals surface area contributed by atoms with Crippen LogP contribution in [0.25, 0.3) is 0 Å². The minimum Gasteiger partial charge on any atom is -0.496 e. The van der Waals surface area contributed by atoms with Gasteiger partial charge in [0.1, 0.15) is 12.3 Å². The second kappa shape index (κ2) is 3.67. The monoisotopic (exact) mass is 219 g/mol. The predicted octanol–water partition coefficient (Wildman–Crippen LogP) is 0.638. The maximum absolute atomic E-state index is 5.49. The molecule has 3 rings (SSSR count). The zero-order chi connectivity index (χ0) is 11.1. The summed E-state index contributed by atoms with van der Waals surface area (Å²) >= 11 is 0. The topological polar surface area (TPSA) is 16.9 Å². The highest BCUT2D eigenvalue weighted by Crippen LogP contribution is 2.26. The van der Waals surface area contributed by atoms with Crippen LogP contribution in [0.3, 0.4) is 0 Å². The molecular weight excluding hydrogens is 200 g/mol. The van der Waals surface area contributed by atoms with Crippen molar-refractivity contribution in [2.75, 3.05) is 20.2 Å². The summed E-state index contributed by atoms with van der Waals surface area (Å²) in [5.41, 5.74) is 2.67. The Kier molecular flexibility index (Phi) is 2.28.